The van der Waals surface area contributed by atoms with E-state index in [-0.39, 0.29) is 6.04 Å². The standard InChI is InChI=1S/C17H18N2/c1-13(16-6-4-3-5-7-16)19-14(2)17-10-8-15(12-18)9-11-17/h3-11,13-14,19H,1-2H3/t13-,14?/m1/s1. The molecule has 0 aliphatic heterocycles. The summed E-state index contributed by atoms with van der Waals surface area (Å²) in [6.45, 7) is 4.30. The smallest absolute Gasteiger partial charge is 0.0991 e. The van der Waals surface area contributed by atoms with E-state index in [0.29, 0.717) is 11.6 Å². The second kappa shape index (κ2) is 6.17. The van der Waals surface area contributed by atoms with Crippen LogP contribution in [0.3, 0.4) is 0 Å². The molecule has 2 aromatic carbocycles. The lowest BCUT2D eigenvalue weighted by molar-refractivity contribution is 0.494. The molecule has 2 heteroatoms. The third-order valence-corrected chi connectivity index (χ3v) is 3.34. The molecule has 2 aromatic rings. The van der Waals surface area contributed by atoms with E-state index >= 15 is 0 Å². The van der Waals surface area contributed by atoms with Crippen LogP contribution in [0.2, 0.25) is 0 Å². The third kappa shape index (κ3) is 3.43. The van der Waals surface area contributed by atoms with E-state index in [2.05, 4.69) is 49.5 Å². The Bertz CT molecular complexity index is 552. The van der Waals surface area contributed by atoms with Crippen LogP contribution >= 0.6 is 0 Å². The first-order valence-electron chi connectivity index (χ1n) is 6.52. The number of rotatable bonds is 4. The minimum absolute atomic E-state index is 0.253. The Morgan fingerprint density at radius 3 is 1.89 bits per heavy atom. The molecule has 0 saturated carbocycles. The first-order valence-corrected chi connectivity index (χ1v) is 6.52. The van der Waals surface area contributed by atoms with Gasteiger partial charge in [-0.3, -0.25) is 0 Å². The van der Waals surface area contributed by atoms with Crippen molar-refractivity contribution in [1.82, 2.24) is 5.32 Å². The average molecular weight is 250 g/mol. The third-order valence-electron chi connectivity index (χ3n) is 3.34. The van der Waals surface area contributed by atoms with Crippen molar-refractivity contribution in [2.24, 2.45) is 0 Å². The van der Waals surface area contributed by atoms with E-state index in [4.69, 9.17) is 5.26 Å². The second-order valence-corrected chi connectivity index (χ2v) is 4.75. The van der Waals surface area contributed by atoms with Gasteiger partial charge in [0, 0.05) is 12.1 Å². The predicted octanol–water partition coefficient (Wildman–Crippen LogP) is 3.97. The summed E-state index contributed by atoms with van der Waals surface area (Å²) in [5.74, 6) is 0. The van der Waals surface area contributed by atoms with Crippen LogP contribution in [0.15, 0.2) is 54.6 Å². The van der Waals surface area contributed by atoms with Gasteiger partial charge in [0.15, 0.2) is 0 Å². The Kier molecular flexibility index (Phi) is 4.33. The molecule has 2 nitrogen and oxygen atoms in total. The molecule has 96 valence electrons. The molecule has 0 aromatic heterocycles. The summed E-state index contributed by atoms with van der Waals surface area (Å²) in [4.78, 5) is 0. The highest BCUT2D eigenvalue weighted by Crippen LogP contribution is 2.19. The fraction of sp³-hybridized carbons (Fsp3) is 0.235. The van der Waals surface area contributed by atoms with E-state index in [0.717, 1.165) is 0 Å². The van der Waals surface area contributed by atoms with Crippen LogP contribution in [0.4, 0.5) is 0 Å². The quantitative estimate of drug-likeness (QED) is 0.891. The molecule has 0 saturated heterocycles. The molecular formula is C17H18N2. The molecule has 0 radical (unpaired) electrons. The fourth-order valence-corrected chi connectivity index (χ4v) is 2.16. The topological polar surface area (TPSA) is 35.8 Å². The van der Waals surface area contributed by atoms with Gasteiger partial charge < -0.3 is 5.32 Å². The van der Waals surface area contributed by atoms with E-state index in [1.165, 1.54) is 11.1 Å². The van der Waals surface area contributed by atoms with Crippen molar-refractivity contribution in [3.8, 4) is 6.07 Å². The van der Waals surface area contributed by atoms with Crippen LogP contribution in [0, 0.1) is 11.3 Å². The zero-order chi connectivity index (χ0) is 13.7. The van der Waals surface area contributed by atoms with E-state index < -0.39 is 0 Å². The Morgan fingerprint density at radius 1 is 0.842 bits per heavy atom. The monoisotopic (exact) mass is 250 g/mol. The molecule has 0 fully saturated rings. The Labute approximate surface area is 114 Å². The van der Waals surface area contributed by atoms with Gasteiger partial charge in [-0.25, -0.2) is 0 Å². The van der Waals surface area contributed by atoms with E-state index in [1.807, 2.05) is 30.3 Å². The van der Waals surface area contributed by atoms with Gasteiger partial charge >= 0.3 is 0 Å². The molecule has 0 spiro atoms. The van der Waals surface area contributed by atoms with Crippen molar-refractivity contribution in [3.63, 3.8) is 0 Å². The van der Waals surface area contributed by atoms with Gasteiger partial charge in [-0.15, -0.1) is 0 Å². The van der Waals surface area contributed by atoms with Crippen LogP contribution in [0.25, 0.3) is 0 Å². The highest BCUT2D eigenvalue weighted by molar-refractivity contribution is 5.32. The van der Waals surface area contributed by atoms with Crippen LogP contribution in [-0.2, 0) is 0 Å². The molecule has 0 amide bonds. The summed E-state index contributed by atoms with van der Waals surface area (Å²) < 4.78 is 0. The fourth-order valence-electron chi connectivity index (χ4n) is 2.16. The lowest BCUT2D eigenvalue weighted by Crippen LogP contribution is -2.22. The first-order chi connectivity index (χ1) is 9.20. The number of benzene rings is 2. The lowest BCUT2D eigenvalue weighted by atomic mass is 10.0. The molecule has 2 rings (SSSR count). The number of hydrogen-bond acceptors (Lipinski definition) is 2. The minimum atomic E-state index is 0.253. The van der Waals surface area contributed by atoms with Gasteiger partial charge in [0.1, 0.15) is 0 Å². The van der Waals surface area contributed by atoms with Crippen LogP contribution in [0.1, 0.15) is 42.6 Å². The summed E-state index contributed by atoms with van der Waals surface area (Å²) in [6, 6.07) is 20.8. The Morgan fingerprint density at radius 2 is 1.37 bits per heavy atom. The number of hydrogen-bond donors (Lipinski definition) is 1. The second-order valence-electron chi connectivity index (χ2n) is 4.75. The SMILES string of the molecule is CC(N[C@H](C)c1ccccc1)c1ccc(C#N)cc1. The molecule has 1 N–H and O–H groups in total. The van der Waals surface area contributed by atoms with E-state index in [9.17, 15) is 0 Å². The largest absolute Gasteiger partial charge is 0.304 e. The molecule has 0 bridgehead atoms. The summed E-state index contributed by atoms with van der Waals surface area (Å²) in [5.41, 5.74) is 3.18. The lowest BCUT2D eigenvalue weighted by Gasteiger charge is -2.20. The summed E-state index contributed by atoms with van der Waals surface area (Å²) in [5, 5.41) is 12.4. The average Bonchev–Trinajstić information content (AvgIpc) is 2.48. The summed E-state index contributed by atoms with van der Waals surface area (Å²) in [6.07, 6.45) is 0. The summed E-state index contributed by atoms with van der Waals surface area (Å²) in [7, 11) is 0. The normalized spacial score (nSPS) is 13.5. The van der Waals surface area contributed by atoms with Gasteiger partial charge in [-0.05, 0) is 37.1 Å². The molecule has 0 aliphatic rings. The van der Waals surface area contributed by atoms with Gasteiger partial charge in [0.05, 0.1) is 11.6 Å². The zero-order valence-electron chi connectivity index (χ0n) is 11.3. The van der Waals surface area contributed by atoms with Crippen molar-refractivity contribution in [3.05, 3.63) is 71.3 Å². The van der Waals surface area contributed by atoms with Crippen LogP contribution in [-0.4, -0.2) is 0 Å². The van der Waals surface area contributed by atoms with Crippen LogP contribution < -0.4 is 5.32 Å². The maximum Gasteiger partial charge on any atom is 0.0991 e. The summed E-state index contributed by atoms with van der Waals surface area (Å²) >= 11 is 0. The minimum Gasteiger partial charge on any atom is -0.304 e. The number of nitrogens with zero attached hydrogens (tertiary/aromatic N) is 1. The highest BCUT2D eigenvalue weighted by atomic mass is 14.9. The maximum atomic E-state index is 8.80. The number of nitriles is 1. The molecule has 0 aliphatic carbocycles. The first kappa shape index (κ1) is 13.3. The molecule has 19 heavy (non-hydrogen) atoms. The van der Waals surface area contributed by atoms with Crippen molar-refractivity contribution < 1.29 is 0 Å². The van der Waals surface area contributed by atoms with Crippen molar-refractivity contribution in [2.75, 3.05) is 0 Å². The Balaban J connectivity index is 2.04. The molecule has 2 atom stereocenters. The predicted molar refractivity (Wildman–Crippen MR) is 77.6 cm³/mol. The molecule has 0 heterocycles. The van der Waals surface area contributed by atoms with E-state index in [1.54, 1.807) is 0 Å². The van der Waals surface area contributed by atoms with Crippen LogP contribution in [0.5, 0.6) is 0 Å². The highest BCUT2D eigenvalue weighted by Gasteiger charge is 2.10. The van der Waals surface area contributed by atoms with Crippen molar-refractivity contribution in [1.29, 1.82) is 5.26 Å². The number of nitrogens with one attached hydrogen (secondary N) is 1. The van der Waals surface area contributed by atoms with Gasteiger partial charge in [-0.1, -0.05) is 42.5 Å². The van der Waals surface area contributed by atoms with Crippen molar-refractivity contribution in [2.45, 2.75) is 25.9 Å². The molecular weight excluding hydrogens is 232 g/mol. The Hall–Kier alpha value is -2.11. The zero-order valence-corrected chi connectivity index (χ0v) is 11.3. The van der Waals surface area contributed by atoms with Crippen molar-refractivity contribution >= 4 is 0 Å². The van der Waals surface area contributed by atoms with Gasteiger partial charge in [-0.2, -0.15) is 5.26 Å². The molecule has 1 unspecified atom stereocenters. The maximum absolute atomic E-state index is 8.80. The van der Waals surface area contributed by atoms with Gasteiger partial charge in [0.25, 0.3) is 0 Å². The van der Waals surface area contributed by atoms with Gasteiger partial charge in [0.2, 0.25) is 0 Å².